The Bertz CT molecular complexity index is 1250. The van der Waals surface area contributed by atoms with Gasteiger partial charge in [0.25, 0.3) is 5.91 Å². The summed E-state index contributed by atoms with van der Waals surface area (Å²) in [4.78, 5) is 19.1. The van der Waals surface area contributed by atoms with Gasteiger partial charge in [0.15, 0.2) is 0 Å². The topological polar surface area (TPSA) is 81.5 Å². The fraction of sp³-hybridized carbons (Fsp3) is 0.385. The Balaban J connectivity index is 1.94. The fourth-order valence-electron chi connectivity index (χ4n) is 3.82. The van der Waals surface area contributed by atoms with Crippen molar-refractivity contribution in [1.29, 1.82) is 0 Å². The van der Waals surface area contributed by atoms with Gasteiger partial charge in [0.05, 0.1) is 30.8 Å². The molecule has 0 unspecified atom stereocenters. The SMILES string of the molecule is COCCn1c(CN(CC(C)C)C(=O)c2cccc(F)c2)cnc1S(=O)(=O)Cc1ccc(C)cc1. The first-order chi connectivity index (χ1) is 16.6. The Morgan fingerprint density at radius 3 is 2.51 bits per heavy atom. The van der Waals surface area contributed by atoms with Gasteiger partial charge in [0.2, 0.25) is 15.0 Å². The van der Waals surface area contributed by atoms with E-state index in [4.69, 9.17) is 4.74 Å². The number of sulfone groups is 1. The maximum Gasteiger partial charge on any atom is 0.254 e. The standard InChI is InChI=1S/C26H32FN3O4S/c1-19(2)16-29(25(31)22-6-5-7-23(27)14-22)17-24-15-28-26(30(24)12-13-34-4)35(32,33)18-21-10-8-20(3)9-11-21/h5-11,14-15,19H,12-13,16-18H2,1-4H3. The van der Waals surface area contributed by atoms with Crippen molar-refractivity contribution in [2.45, 2.75) is 44.8 Å². The van der Waals surface area contributed by atoms with Crippen molar-refractivity contribution in [3.63, 3.8) is 0 Å². The van der Waals surface area contributed by atoms with E-state index < -0.39 is 15.7 Å². The van der Waals surface area contributed by atoms with Gasteiger partial charge in [-0.25, -0.2) is 17.8 Å². The molecule has 1 aromatic heterocycles. The lowest BCUT2D eigenvalue weighted by molar-refractivity contribution is 0.0716. The molecule has 2 aromatic carbocycles. The van der Waals surface area contributed by atoms with Gasteiger partial charge in [-0.05, 0) is 36.6 Å². The van der Waals surface area contributed by atoms with Crippen molar-refractivity contribution in [1.82, 2.24) is 14.5 Å². The summed E-state index contributed by atoms with van der Waals surface area (Å²) in [5.74, 6) is -0.862. The number of imidazole rings is 1. The number of nitrogens with zero attached hydrogens (tertiary/aromatic N) is 3. The van der Waals surface area contributed by atoms with Crippen molar-refractivity contribution in [3.05, 3.63) is 82.9 Å². The summed E-state index contributed by atoms with van der Waals surface area (Å²) in [5, 5.41) is -0.0622. The summed E-state index contributed by atoms with van der Waals surface area (Å²) in [6.45, 7) is 6.98. The Morgan fingerprint density at radius 2 is 1.89 bits per heavy atom. The molecule has 188 valence electrons. The van der Waals surface area contributed by atoms with E-state index in [1.165, 1.54) is 31.5 Å². The molecule has 35 heavy (non-hydrogen) atoms. The molecule has 0 radical (unpaired) electrons. The van der Waals surface area contributed by atoms with Crippen LogP contribution in [0.1, 0.15) is 41.0 Å². The number of benzene rings is 2. The quantitative estimate of drug-likeness (QED) is 0.392. The number of carbonyl (C=O) groups excluding carboxylic acids is 1. The third-order valence-corrected chi connectivity index (χ3v) is 7.07. The molecule has 1 amide bonds. The van der Waals surface area contributed by atoms with E-state index in [2.05, 4.69) is 4.98 Å². The molecule has 1 heterocycles. The number of aromatic nitrogens is 2. The third kappa shape index (κ3) is 6.99. The van der Waals surface area contributed by atoms with E-state index in [1.54, 1.807) is 27.7 Å². The molecule has 0 bridgehead atoms. The lowest BCUT2D eigenvalue weighted by atomic mass is 10.1. The van der Waals surface area contributed by atoms with Crippen LogP contribution in [-0.2, 0) is 33.4 Å². The Kier molecular flexibility index (Phi) is 8.80. The zero-order valence-electron chi connectivity index (χ0n) is 20.6. The number of carbonyl (C=O) groups is 1. The molecule has 0 aliphatic carbocycles. The summed E-state index contributed by atoms with van der Waals surface area (Å²) < 4.78 is 47.1. The highest BCUT2D eigenvalue weighted by molar-refractivity contribution is 7.90. The van der Waals surface area contributed by atoms with Gasteiger partial charge in [-0.15, -0.1) is 0 Å². The predicted octanol–water partition coefficient (Wildman–Crippen LogP) is 4.25. The lowest BCUT2D eigenvalue weighted by Crippen LogP contribution is -2.34. The number of hydrogen-bond acceptors (Lipinski definition) is 5. The van der Waals surface area contributed by atoms with Crippen molar-refractivity contribution < 1.29 is 22.3 Å². The first-order valence-electron chi connectivity index (χ1n) is 11.5. The minimum atomic E-state index is -3.76. The number of halogens is 1. The maximum absolute atomic E-state index is 13.8. The highest BCUT2D eigenvalue weighted by Crippen LogP contribution is 2.21. The molecule has 0 saturated carbocycles. The first kappa shape index (κ1) is 26.6. The monoisotopic (exact) mass is 501 g/mol. The average molecular weight is 502 g/mol. The minimum absolute atomic E-state index is 0.0622. The van der Waals surface area contributed by atoms with Crippen LogP contribution in [0, 0.1) is 18.7 Å². The smallest absolute Gasteiger partial charge is 0.254 e. The number of ether oxygens (including phenoxy) is 1. The molecule has 0 N–H and O–H groups in total. The van der Waals surface area contributed by atoms with E-state index in [-0.39, 0.29) is 48.0 Å². The van der Waals surface area contributed by atoms with Crippen molar-refractivity contribution in [2.75, 3.05) is 20.3 Å². The van der Waals surface area contributed by atoms with E-state index in [0.29, 0.717) is 17.8 Å². The van der Waals surface area contributed by atoms with Crippen molar-refractivity contribution >= 4 is 15.7 Å². The van der Waals surface area contributed by atoms with Crippen LogP contribution in [-0.4, -0.2) is 49.0 Å². The van der Waals surface area contributed by atoms with Gasteiger partial charge < -0.3 is 14.2 Å². The highest BCUT2D eigenvalue weighted by atomic mass is 32.2. The van der Waals surface area contributed by atoms with Crippen LogP contribution >= 0.6 is 0 Å². The molecule has 3 rings (SSSR count). The number of hydrogen-bond donors (Lipinski definition) is 0. The molecule has 0 spiro atoms. The van der Waals surface area contributed by atoms with E-state index >= 15 is 0 Å². The van der Waals surface area contributed by atoms with E-state index in [9.17, 15) is 17.6 Å². The average Bonchev–Trinajstić information content (AvgIpc) is 3.21. The van der Waals surface area contributed by atoms with Crippen LogP contribution in [0.2, 0.25) is 0 Å². The Labute approximate surface area is 206 Å². The minimum Gasteiger partial charge on any atom is -0.383 e. The second kappa shape index (κ2) is 11.6. The molecule has 0 fully saturated rings. The summed E-state index contributed by atoms with van der Waals surface area (Å²) in [5.41, 5.74) is 2.51. The maximum atomic E-state index is 13.8. The van der Waals surface area contributed by atoms with Crippen LogP contribution in [0.4, 0.5) is 4.39 Å². The Hall–Kier alpha value is -3.04. The number of amides is 1. The molecule has 3 aromatic rings. The van der Waals surface area contributed by atoms with Gasteiger partial charge in [-0.1, -0.05) is 49.7 Å². The Morgan fingerprint density at radius 1 is 1.17 bits per heavy atom. The van der Waals surface area contributed by atoms with E-state index in [1.807, 2.05) is 32.9 Å². The molecule has 0 aliphatic heterocycles. The molecule has 0 saturated heterocycles. The summed E-state index contributed by atoms with van der Waals surface area (Å²) in [6, 6.07) is 12.9. The molecular formula is C26H32FN3O4S. The molecule has 7 nitrogen and oxygen atoms in total. The van der Waals surface area contributed by atoms with Gasteiger partial charge in [-0.2, -0.15) is 0 Å². The third-order valence-electron chi connectivity index (χ3n) is 5.47. The van der Waals surface area contributed by atoms with Crippen molar-refractivity contribution in [2.24, 2.45) is 5.92 Å². The van der Waals surface area contributed by atoms with E-state index in [0.717, 1.165) is 5.56 Å². The van der Waals surface area contributed by atoms with Crippen LogP contribution in [0.15, 0.2) is 59.9 Å². The van der Waals surface area contributed by atoms with Crippen LogP contribution in [0.5, 0.6) is 0 Å². The molecule has 9 heteroatoms. The van der Waals surface area contributed by atoms with Crippen LogP contribution < -0.4 is 0 Å². The number of rotatable bonds is 11. The molecular weight excluding hydrogens is 469 g/mol. The zero-order chi connectivity index (χ0) is 25.6. The zero-order valence-corrected chi connectivity index (χ0v) is 21.4. The van der Waals surface area contributed by atoms with Gasteiger partial charge in [0, 0.05) is 25.8 Å². The summed E-state index contributed by atoms with van der Waals surface area (Å²) in [6.07, 6.45) is 1.49. The number of methoxy groups -OCH3 is 1. The van der Waals surface area contributed by atoms with Gasteiger partial charge >= 0.3 is 0 Å². The second-order valence-corrected chi connectivity index (χ2v) is 10.9. The van der Waals surface area contributed by atoms with Crippen LogP contribution in [0.25, 0.3) is 0 Å². The normalized spacial score (nSPS) is 11.7. The molecule has 0 atom stereocenters. The fourth-order valence-corrected chi connectivity index (χ4v) is 5.33. The molecule has 0 aliphatic rings. The van der Waals surface area contributed by atoms with Crippen LogP contribution in [0.3, 0.4) is 0 Å². The van der Waals surface area contributed by atoms with Gasteiger partial charge in [-0.3, -0.25) is 4.79 Å². The van der Waals surface area contributed by atoms with Gasteiger partial charge in [0.1, 0.15) is 5.82 Å². The summed E-state index contributed by atoms with van der Waals surface area (Å²) >= 11 is 0. The highest BCUT2D eigenvalue weighted by Gasteiger charge is 2.26. The van der Waals surface area contributed by atoms with Crippen molar-refractivity contribution in [3.8, 4) is 0 Å². The predicted molar refractivity (Wildman–Crippen MR) is 132 cm³/mol. The first-order valence-corrected chi connectivity index (χ1v) is 13.1. The number of aryl methyl sites for hydroxylation is 1. The summed E-state index contributed by atoms with van der Waals surface area (Å²) in [7, 11) is -2.22. The lowest BCUT2D eigenvalue weighted by Gasteiger charge is -2.25. The largest absolute Gasteiger partial charge is 0.383 e. The second-order valence-electron chi connectivity index (χ2n) is 9.01.